The van der Waals surface area contributed by atoms with Crippen molar-refractivity contribution in [1.82, 2.24) is 5.32 Å². The summed E-state index contributed by atoms with van der Waals surface area (Å²) in [6.45, 7) is 6.88. The van der Waals surface area contributed by atoms with Crippen LogP contribution in [0.1, 0.15) is 271 Å². The van der Waals surface area contributed by atoms with Crippen molar-refractivity contribution < 1.29 is 37.3 Å². The molecule has 10 heteroatoms. The Morgan fingerprint density at radius 3 is 1.31 bits per heavy atom. The molecule has 430 valence electrons. The van der Waals surface area contributed by atoms with Crippen molar-refractivity contribution in [3.05, 3.63) is 72.9 Å². The van der Waals surface area contributed by atoms with Gasteiger partial charge in [-0.25, -0.2) is 4.57 Å². The molecule has 0 saturated heterocycles. The van der Waals surface area contributed by atoms with Crippen molar-refractivity contribution in [3.63, 3.8) is 0 Å². The molecule has 0 aliphatic rings. The first-order valence-corrected chi connectivity index (χ1v) is 32.3. The molecule has 0 spiro atoms. The molecule has 0 heterocycles. The van der Waals surface area contributed by atoms with E-state index in [1.165, 1.54) is 141 Å². The van der Waals surface area contributed by atoms with Crippen molar-refractivity contribution in [2.75, 3.05) is 40.9 Å². The molecule has 0 aliphatic heterocycles. The summed E-state index contributed by atoms with van der Waals surface area (Å²) in [7, 11) is 1.47. The van der Waals surface area contributed by atoms with Crippen LogP contribution >= 0.6 is 7.82 Å². The van der Waals surface area contributed by atoms with Gasteiger partial charge in [-0.3, -0.25) is 18.6 Å². The Morgan fingerprint density at radius 1 is 0.486 bits per heavy atom. The number of nitrogens with zero attached hydrogens (tertiary/aromatic N) is 1. The topological polar surface area (TPSA) is 111 Å². The summed E-state index contributed by atoms with van der Waals surface area (Å²) in [6, 6.07) is -0.866. The maximum atomic E-state index is 13.5. The minimum absolute atomic E-state index is 0.0322. The van der Waals surface area contributed by atoms with Crippen LogP contribution in [0, 0.1) is 0 Å². The van der Waals surface area contributed by atoms with Crippen LogP contribution in [-0.4, -0.2) is 74.3 Å². The molecule has 74 heavy (non-hydrogen) atoms. The largest absolute Gasteiger partial charge is 0.472 e. The number of amides is 1. The lowest BCUT2D eigenvalue weighted by Crippen LogP contribution is -2.47. The van der Waals surface area contributed by atoms with E-state index >= 15 is 0 Å². The minimum Gasteiger partial charge on any atom is -0.456 e. The normalized spacial score (nSPS) is 14.2. The van der Waals surface area contributed by atoms with Crippen molar-refractivity contribution in [2.45, 2.75) is 283 Å². The summed E-state index contributed by atoms with van der Waals surface area (Å²) in [6.07, 6.45) is 69.0. The molecular formula is C64H118N2O7P+. The molecule has 3 atom stereocenters. The van der Waals surface area contributed by atoms with E-state index in [4.69, 9.17) is 13.8 Å². The predicted molar refractivity (Wildman–Crippen MR) is 318 cm³/mol. The second-order valence-corrected chi connectivity index (χ2v) is 23.3. The van der Waals surface area contributed by atoms with Gasteiger partial charge >= 0.3 is 13.8 Å². The van der Waals surface area contributed by atoms with Crippen molar-refractivity contribution in [2.24, 2.45) is 0 Å². The number of likely N-dealkylation sites (N-methyl/N-ethyl adjacent to an activating group) is 1. The lowest BCUT2D eigenvalue weighted by Gasteiger charge is -2.27. The molecule has 0 aromatic carbocycles. The maximum Gasteiger partial charge on any atom is 0.472 e. The monoisotopic (exact) mass is 1060 g/mol. The number of ether oxygens (including phenoxy) is 1. The Morgan fingerprint density at radius 2 is 0.865 bits per heavy atom. The lowest BCUT2D eigenvalue weighted by molar-refractivity contribution is -0.870. The first-order valence-electron chi connectivity index (χ1n) is 30.8. The van der Waals surface area contributed by atoms with Crippen molar-refractivity contribution >= 4 is 19.7 Å². The quantitative estimate of drug-likeness (QED) is 0.0205. The van der Waals surface area contributed by atoms with Crippen LogP contribution in [0.25, 0.3) is 0 Å². The third-order valence-electron chi connectivity index (χ3n) is 13.4. The number of phosphoric ester groups is 1. The molecule has 0 aromatic heterocycles. The fourth-order valence-electron chi connectivity index (χ4n) is 8.67. The Kier molecular flexibility index (Phi) is 52.0. The number of phosphoric acid groups is 1. The molecule has 0 rings (SSSR count). The van der Waals surface area contributed by atoms with E-state index in [0.717, 1.165) is 89.9 Å². The standard InChI is InChI=1S/C64H117N2O7P/c1-7-10-13-16-19-22-25-28-30-32-33-35-36-38-41-44-47-50-53-56-63(67)65-61(60-72-74(69,70)71-59-58-66(4,5)6)62(55-52-49-46-43-40-27-24-21-18-15-12-9-3)73-64(68)57-54-51-48-45-42-39-37-34-31-29-26-23-20-17-14-11-8-2/h10,13,19,22,28,30,33,35,38,41,52,55,61-62H,7-9,11-12,14-18,20-21,23-27,29,31-32,34,36-37,39-40,42-51,53-54,56-60H2,1-6H3,(H-,65,67,69,70)/p+1/b13-10-,22-19-,30-28-,35-33-,41-38-,55-52+. The summed E-state index contributed by atoms with van der Waals surface area (Å²) in [5, 5.41) is 3.04. The van der Waals surface area contributed by atoms with Crippen LogP contribution in [0.2, 0.25) is 0 Å². The molecule has 9 nitrogen and oxygen atoms in total. The first kappa shape index (κ1) is 71.5. The number of carbonyl (C=O) groups excluding carboxylic acids is 2. The smallest absolute Gasteiger partial charge is 0.456 e. The van der Waals surface area contributed by atoms with Gasteiger partial charge in [0.1, 0.15) is 19.3 Å². The molecule has 2 N–H and O–H groups in total. The number of carbonyl (C=O) groups is 2. The number of quaternary nitrogens is 1. The number of hydrogen-bond acceptors (Lipinski definition) is 6. The Bertz CT molecular complexity index is 1500. The van der Waals surface area contributed by atoms with Gasteiger partial charge in [0.25, 0.3) is 0 Å². The van der Waals surface area contributed by atoms with E-state index in [1.807, 2.05) is 33.3 Å². The number of hydrogen-bond donors (Lipinski definition) is 2. The number of unbranched alkanes of at least 4 members (excludes halogenated alkanes) is 29. The molecule has 1 amide bonds. The average Bonchev–Trinajstić information content (AvgIpc) is 3.36. The SMILES string of the molecule is CC/C=C\C/C=C\C/C=C\C/C=C\C/C=C\CCCCCC(=O)NC(COP(=O)(O)OCC[N+](C)(C)C)C(/C=C/CCCCCCCCCCCC)OC(=O)CCCCCCCCCCCCCCCCCCC. The van der Waals surface area contributed by atoms with Crippen LogP contribution in [0.5, 0.6) is 0 Å². The highest BCUT2D eigenvalue weighted by Gasteiger charge is 2.30. The number of esters is 1. The van der Waals surface area contributed by atoms with Crippen LogP contribution in [0.4, 0.5) is 0 Å². The van der Waals surface area contributed by atoms with Gasteiger partial charge in [0.2, 0.25) is 5.91 Å². The van der Waals surface area contributed by atoms with Gasteiger partial charge in [0.15, 0.2) is 0 Å². The number of rotatable bonds is 55. The molecule has 0 bridgehead atoms. The van der Waals surface area contributed by atoms with Crippen molar-refractivity contribution in [1.29, 1.82) is 0 Å². The van der Waals surface area contributed by atoms with Crippen LogP contribution in [0.3, 0.4) is 0 Å². The van der Waals surface area contributed by atoms with Gasteiger partial charge in [-0.2, -0.15) is 0 Å². The number of nitrogens with one attached hydrogen (secondary N) is 1. The lowest BCUT2D eigenvalue weighted by atomic mass is 10.0. The second kappa shape index (κ2) is 53.8. The molecular weight excluding hydrogens is 940 g/mol. The molecule has 0 saturated carbocycles. The third-order valence-corrected chi connectivity index (χ3v) is 14.4. The van der Waals surface area contributed by atoms with Gasteiger partial charge in [0.05, 0.1) is 33.8 Å². The maximum absolute atomic E-state index is 13.5. The second-order valence-electron chi connectivity index (χ2n) is 21.9. The van der Waals surface area contributed by atoms with Crippen LogP contribution < -0.4 is 5.32 Å². The highest BCUT2D eigenvalue weighted by molar-refractivity contribution is 7.47. The molecule has 0 radical (unpaired) electrons. The van der Waals surface area contributed by atoms with E-state index < -0.39 is 20.0 Å². The van der Waals surface area contributed by atoms with Crippen molar-refractivity contribution in [3.8, 4) is 0 Å². The summed E-state index contributed by atoms with van der Waals surface area (Å²) in [5.41, 5.74) is 0. The third kappa shape index (κ3) is 54.2. The van der Waals surface area contributed by atoms with Gasteiger partial charge in [-0.1, -0.05) is 255 Å². The van der Waals surface area contributed by atoms with Gasteiger partial charge in [-0.15, -0.1) is 0 Å². The van der Waals surface area contributed by atoms with Crippen LogP contribution in [0.15, 0.2) is 72.9 Å². The zero-order chi connectivity index (χ0) is 54.3. The Hall–Kier alpha value is -2.55. The zero-order valence-electron chi connectivity index (χ0n) is 49.1. The fourth-order valence-corrected chi connectivity index (χ4v) is 9.41. The van der Waals surface area contributed by atoms with E-state index in [9.17, 15) is 19.0 Å². The summed E-state index contributed by atoms with van der Waals surface area (Å²) in [5.74, 6) is -0.537. The Balaban J connectivity index is 5.32. The highest BCUT2D eigenvalue weighted by Crippen LogP contribution is 2.43. The summed E-state index contributed by atoms with van der Waals surface area (Å²) >= 11 is 0. The average molecular weight is 1060 g/mol. The van der Waals surface area contributed by atoms with E-state index in [-0.39, 0.29) is 31.5 Å². The molecule has 0 fully saturated rings. The van der Waals surface area contributed by atoms with Crippen LogP contribution in [-0.2, 0) is 27.9 Å². The van der Waals surface area contributed by atoms with Gasteiger partial charge < -0.3 is 19.4 Å². The molecule has 0 aromatic rings. The fraction of sp³-hybridized carbons (Fsp3) is 0.781. The zero-order valence-corrected chi connectivity index (χ0v) is 50.0. The van der Waals surface area contributed by atoms with E-state index in [0.29, 0.717) is 23.9 Å². The van der Waals surface area contributed by atoms with E-state index in [1.54, 1.807) is 0 Å². The molecule has 0 aliphatic carbocycles. The number of allylic oxidation sites excluding steroid dienone is 11. The summed E-state index contributed by atoms with van der Waals surface area (Å²) in [4.78, 5) is 37.7. The minimum atomic E-state index is -4.46. The van der Waals surface area contributed by atoms with E-state index in [2.05, 4.69) is 86.8 Å². The Labute approximate surface area is 457 Å². The molecule has 3 unspecified atom stereocenters. The van der Waals surface area contributed by atoms with Gasteiger partial charge in [-0.05, 0) is 76.7 Å². The first-order chi connectivity index (χ1) is 35.9. The predicted octanol–water partition coefficient (Wildman–Crippen LogP) is 18.8. The highest BCUT2D eigenvalue weighted by atomic mass is 31.2. The van der Waals surface area contributed by atoms with Gasteiger partial charge in [0, 0.05) is 12.8 Å². The summed E-state index contributed by atoms with van der Waals surface area (Å²) < 4.78 is 30.7.